The van der Waals surface area contributed by atoms with Gasteiger partial charge in [0.25, 0.3) is 0 Å². The molecule has 0 bridgehead atoms. The molecule has 1 aromatic rings. The molecule has 3 rings (SSSR count). The van der Waals surface area contributed by atoms with Crippen LogP contribution in [0, 0.1) is 0 Å². The highest BCUT2D eigenvalue weighted by molar-refractivity contribution is 5.54. The van der Waals surface area contributed by atoms with Crippen molar-refractivity contribution in [1.82, 2.24) is 9.88 Å². The maximum atomic E-state index is 4.29. The van der Waals surface area contributed by atoms with Crippen LogP contribution in [0.5, 0.6) is 0 Å². The Hall–Kier alpha value is -1.29. The van der Waals surface area contributed by atoms with Gasteiger partial charge in [-0.15, -0.1) is 0 Å². The van der Waals surface area contributed by atoms with Gasteiger partial charge in [0.1, 0.15) is 5.82 Å². The topological polar surface area (TPSA) is 31.4 Å². The van der Waals surface area contributed by atoms with Crippen LogP contribution in [0.2, 0.25) is 0 Å². The summed E-state index contributed by atoms with van der Waals surface area (Å²) in [7, 11) is 1.92. The highest BCUT2D eigenvalue weighted by Gasteiger charge is 2.28. The van der Waals surface area contributed by atoms with Gasteiger partial charge in [-0.3, -0.25) is 4.90 Å². The van der Waals surface area contributed by atoms with E-state index in [1.54, 1.807) is 0 Å². The van der Waals surface area contributed by atoms with E-state index in [0.717, 1.165) is 11.9 Å². The van der Waals surface area contributed by atoms with Gasteiger partial charge in [0.15, 0.2) is 0 Å². The molecule has 0 spiro atoms. The standard InChI is InChI=1S/C15H24N4/c1-16-15-11-13(5-7-17-15)19-10-6-14(12-19)18-8-3-2-4-9-18/h5,7,11,14H,2-4,6,8-10,12H2,1H3,(H,16,17). The Labute approximate surface area is 115 Å². The highest BCUT2D eigenvalue weighted by Crippen LogP contribution is 2.25. The summed E-state index contributed by atoms with van der Waals surface area (Å²) in [6, 6.07) is 5.03. The Balaban J connectivity index is 1.64. The molecule has 2 saturated heterocycles. The molecule has 3 heterocycles. The average molecular weight is 260 g/mol. The fraction of sp³-hybridized carbons (Fsp3) is 0.667. The van der Waals surface area contributed by atoms with Crippen LogP contribution in [0.1, 0.15) is 25.7 Å². The fourth-order valence-electron chi connectivity index (χ4n) is 3.31. The summed E-state index contributed by atoms with van der Waals surface area (Å²) in [5.74, 6) is 0.957. The molecule has 0 saturated carbocycles. The molecule has 104 valence electrons. The maximum absolute atomic E-state index is 4.29. The van der Waals surface area contributed by atoms with Crippen molar-refractivity contribution < 1.29 is 0 Å². The van der Waals surface area contributed by atoms with E-state index >= 15 is 0 Å². The van der Waals surface area contributed by atoms with Gasteiger partial charge in [-0.1, -0.05) is 6.42 Å². The zero-order valence-electron chi connectivity index (χ0n) is 11.8. The van der Waals surface area contributed by atoms with Crippen molar-refractivity contribution in [3.63, 3.8) is 0 Å². The van der Waals surface area contributed by atoms with E-state index in [2.05, 4.69) is 32.2 Å². The Bertz CT molecular complexity index is 414. The molecule has 2 fully saturated rings. The summed E-state index contributed by atoms with van der Waals surface area (Å²) >= 11 is 0. The van der Waals surface area contributed by atoms with Gasteiger partial charge in [-0.2, -0.15) is 0 Å². The summed E-state index contributed by atoms with van der Waals surface area (Å²) in [5, 5.41) is 3.12. The Morgan fingerprint density at radius 2 is 2.05 bits per heavy atom. The second-order valence-electron chi connectivity index (χ2n) is 5.63. The highest BCUT2D eigenvalue weighted by atomic mass is 15.3. The summed E-state index contributed by atoms with van der Waals surface area (Å²) in [6.07, 6.45) is 7.39. The van der Waals surface area contributed by atoms with E-state index in [9.17, 15) is 0 Å². The maximum Gasteiger partial charge on any atom is 0.127 e. The molecule has 0 radical (unpaired) electrons. The van der Waals surface area contributed by atoms with Crippen LogP contribution < -0.4 is 10.2 Å². The molecular weight excluding hydrogens is 236 g/mol. The molecule has 0 aromatic carbocycles. The first-order chi connectivity index (χ1) is 9.36. The number of hydrogen-bond donors (Lipinski definition) is 1. The summed E-state index contributed by atoms with van der Waals surface area (Å²) in [4.78, 5) is 9.49. The molecule has 1 N–H and O–H groups in total. The molecule has 2 aliphatic rings. The van der Waals surface area contributed by atoms with Crippen molar-refractivity contribution >= 4 is 11.5 Å². The lowest BCUT2D eigenvalue weighted by Crippen LogP contribution is -2.40. The van der Waals surface area contributed by atoms with Crippen LogP contribution in [0.4, 0.5) is 11.5 Å². The second kappa shape index (κ2) is 5.78. The minimum Gasteiger partial charge on any atom is -0.373 e. The van der Waals surface area contributed by atoms with E-state index in [0.29, 0.717) is 0 Å². The minimum absolute atomic E-state index is 0.756. The number of nitrogens with one attached hydrogen (secondary N) is 1. The number of pyridine rings is 1. The first-order valence-corrected chi connectivity index (χ1v) is 7.49. The molecule has 0 aliphatic carbocycles. The van der Waals surface area contributed by atoms with Gasteiger partial charge >= 0.3 is 0 Å². The minimum atomic E-state index is 0.756. The lowest BCUT2D eigenvalue weighted by molar-refractivity contribution is 0.175. The largest absolute Gasteiger partial charge is 0.373 e. The molecule has 1 unspecified atom stereocenters. The number of rotatable bonds is 3. The third-order valence-corrected chi connectivity index (χ3v) is 4.44. The van der Waals surface area contributed by atoms with E-state index in [1.807, 2.05) is 13.2 Å². The lowest BCUT2D eigenvalue weighted by Gasteiger charge is -2.32. The Morgan fingerprint density at radius 3 is 2.84 bits per heavy atom. The molecule has 1 aromatic heterocycles. The van der Waals surface area contributed by atoms with Crippen LogP contribution in [0.15, 0.2) is 18.3 Å². The van der Waals surface area contributed by atoms with Crippen LogP contribution in [-0.2, 0) is 0 Å². The number of anilines is 2. The monoisotopic (exact) mass is 260 g/mol. The van der Waals surface area contributed by atoms with Gasteiger partial charge in [-0.25, -0.2) is 4.98 Å². The first-order valence-electron chi connectivity index (χ1n) is 7.49. The van der Waals surface area contributed by atoms with E-state index < -0.39 is 0 Å². The van der Waals surface area contributed by atoms with Gasteiger partial charge in [0.2, 0.25) is 0 Å². The van der Waals surface area contributed by atoms with Crippen LogP contribution in [-0.4, -0.2) is 49.2 Å². The number of hydrogen-bond acceptors (Lipinski definition) is 4. The molecule has 1 atom stereocenters. The molecule has 0 amide bonds. The Morgan fingerprint density at radius 1 is 1.21 bits per heavy atom. The van der Waals surface area contributed by atoms with Gasteiger partial charge < -0.3 is 10.2 Å². The van der Waals surface area contributed by atoms with Crippen molar-refractivity contribution in [1.29, 1.82) is 0 Å². The second-order valence-corrected chi connectivity index (χ2v) is 5.63. The van der Waals surface area contributed by atoms with E-state index in [1.165, 1.54) is 57.5 Å². The van der Waals surface area contributed by atoms with Crippen LogP contribution >= 0.6 is 0 Å². The van der Waals surface area contributed by atoms with Crippen molar-refractivity contribution in [3.05, 3.63) is 18.3 Å². The zero-order valence-corrected chi connectivity index (χ0v) is 11.8. The summed E-state index contributed by atoms with van der Waals surface area (Å²) in [6.45, 7) is 4.95. The van der Waals surface area contributed by atoms with Crippen molar-refractivity contribution in [2.24, 2.45) is 0 Å². The SMILES string of the molecule is CNc1cc(N2CCC(N3CCCCC3)C2)ccn1. The number of nitrogens with zero attached hydrogens (tertiary/aromatic N) is 3. The quantitative estimate of drug-likeness (QED) is 0.902. The molecule has 19 heavy (non-hydrogen) atoms. The summed E-state index contributed by atoms with van der Waals surface area (Å²) in [5.41, 5.74) is 1.30. The van der Waals surface area contributed by atoms with Crippen molar-refractivity contribution in [3.8, 4) is 0 Å². The molecule has 4 heteroatoms. The van der Waals surface area contributed by atoms with E-state index in [4.69, 9.17) is 0 Å². The number of aromatic nitrogens is 1. The van der Waals surface area contributed by atoms with Crippen molar-refractivity contribution in [2.75, 3.05) is 43.4 Å². The van der Waals surface area contributed by atoms with Crippen molar-refractivity contribution in [2.45, 2.75) is 31.7 Å². The smallest absolute Gasteiger partial charge is 0.127 e. The van der Waals surface area contributed by atoms with Crippen LogP contribution in [0.25, 0.3) is 0 Å². The molecule has 4 nitrogen and oxygen atoms in total. The normalized spacial score (nSPS) is 24.7. The predicted molar refractivity (Wildman–Crippen MR) is 79.8 cm³/mol. The van der Waals surface area contributed by atoms with Crippen LogP contribution in [0.3, 0.4) is 0 Å². The zero-order chi connectivity index (χ0) is 13.1. The Kier molecular flexibility index (Phi) is 3.87. The van der Waals surface area contributed by atoms with Gasteiger partial charge in [0.05, 0.1) is 0 Å². The third kappa shape index (κ3) is 2.84. The fourth-order valence-corrected chi connectivity index (χ4v) is 3.31. The van der Waals surface area contributed by atoms with Gasteiger partial charge in [-0.05, 0) is 38.4 Å². The number of likely N-dealkylation sites (tertiary alicyclic amines) is 1. The molecular formula is C15H24N4. The lowest BCUT2D eigenvalue weighted by atomic mass is 10.1. The first kappa shape index (κ1) is 12.7. The predicted octanol–water partition coefficient (Wildman–Crippen LogP) is 2.19. The summed E-state index contributed by atoms with van der Waals surface area (Å²) < 4.78 is 0. The third-order valence-electron chi connectivity index (χ3n) is 4.44. The average Bonchev–Trinajstić information content (AvgIpc) is 2.98. The molecule has 2 aliphatic heterocycles. The van der Waals surface area contributed by atoms with Gasteiger partial charge in [0, 0.05) is 44.1 Å². The number of piperidine rings is 1. The van der Waals surface area contributed by atoms with E-state index in [-0.39, 0.29) is 0 Å².